The Balaban J connectivity index is 1.44. The van der Waals surface area contributed by atoms with E-state index in [4.69, 9.17) is 9.47 Å². The molecule has 3 heteroatoms. The van der Waals surface area contributed by atoms with Gasteiger partial charge in [0.2, 0.25) is 0 Å². The standard InChI is InChI=1S/C28H38O3/c1-4-6-22-7-9-24(10-8-22)20-30-26-17-13-25(14-18-26)28(29)31-27-15-11-23(12-16-27)19-21(3)5-2/h11-18,21-22,24H,4-10,19-20H2,1-3H3/t21-,22-,24-/m0/s1. The van der Waals surface area contributed by atoms with E-state index >= 15 is 0 Å². The van der Waals surface area contributed by atoms with Crippen molar-refractivity contribution in [2.45, 2.75) is 72.1 Å². The molecule has 0 aromatic heterocycles. The fourth-order valence-corrected chi connectivity index (χ4v) is 4.40. The maximum absolute atomic E-state index is 12.5. The first kappa shape index (κ1) is 23.4. The number of benzene rings is 2. The van der Waals surface area contributed by atoms with Crippen molar-refractivity contribution in [3.63, 3.8) is 0 Å². The van der Waals surface area contributed by atoms with Crippen LogP contribution in [0.5, 0.6) is 11.5 Å². The Hall–Kier alpha value is -2.29. The van der Waals surface area contributed by atoms with Crippen LogP contribution in [0.2, 0.25) is 0 Å². The number of rotatable bonds is 10. The van der Waals surface area contributed by atoms with Crippen molar-refractivity contribution in [1.82, 2.24) is 0 Å². The molecule has 1 atom stereocenters. The number of carbonyl (C=O) groups is 1. The summed E-state index contributed by atoms with van der Waals surface area (Å²) in [7, 11) is 0. The zero-order chi connectivity index (χ0) is 22.1. The van der Waals surface area contributed by atoms with Gasteiger partial charge in [0.25, 0.3) is 0 Å². The van der Waals surface area contributed by atoms with Crippen molar-refractivity contribution < 1.29 is 14.3 Å². The van der Waals surface area contributed by atoms with Gasteiger partial charge in [0.15, 0.2) is 0 Å². The lowest BCUT2D eigenvalue weighted by Crippen LogP contribution is -2.20. The first-order valence-corrected chi connectivity index (χ1v) is 12.1. The van der Waals surface area contributed by atoms with Crippen LogP contribution in [0.25, 0.3) is 0 Å². The first-order valence-electron chi connectivity index (χ1n) is 12.1. The van der Waals surface area contributed by atoms with Crippen LogP contribution in [-0.4, -0.2) is 12.6 Å². The van der Waals surface area contributed by atoms with Gasteiger partial charge >= 0.3 is 5.97 Å². The van der Waals surface area contributed by atoms with Gasteiger partial charge in [-0.3, -0.25) is 0 Å². The van der Waals surface area contributed by atoms with E-state index in [9.17, 15) is 4.79 Å². The maximum Gasteiger partial charge on any atom is 0.343 e. The predicted octanol–water partition coefficient (Wildman–Crippen LogP) is 7.48. The fraction of sp³-hybridized carbons (Fsp3) is 0.536. The third-order valence-electron chi connectivity index (χ3n) is 6.65. The van der Waals surface area contributed by atoms with Gasteiger partial charge in [0.1, 0.15) is 11.5 Å². The third kappa shape index (κ3) is 7.41. The molecule has 0 amide bonds. The molecule has 0 aliphatic heterocycles. The van der Waals surface area contributed by atoms with Gasteiger partial charge in [-0.05, 0) is 79.0 Å². The van der Waals surface area contributed by atoms with Crippen molar-refractivity contribution in [1.29, 1.82) is 0 Å². The summed E-state index contributed by atoms with van der Waals surface area (Å²) in [6.45, 7) is 7.50. The van der Waals surface area contributed by atoms with E-state index in [-0.39, 0.29) is 5.97 Å². The first-order chi connectivity index (χ1) is 15.1. The normalized spacial score (nSPS) is 19.6. The maximum atomic E-state index is 12.5. The average molecular weight is 423 g/mol. The van der Waals surface area contributed by atoms with Crippen molar-refractivity contribution >= 4 is 5.97 Å². The number of hydrogen-bond acceptors (Lipinski definition) is 3. The van der Waals surface area contributed by atoms with Crippen LogP contribution < -0.4 is 9.47 Å². The van der Waals surface area contributed by atoms with E-state index < -0.39 is 0 Å². The predicted molar refractivity (Wildman–Crippen MR) is 127 cm³/mol. The van der Waals surface area contributed by atoms with Crippen molar-refractivity contribution in [2.75, 3.05) is 6.61 Å². The molecule has 2 aromatic rings. The molecule has 0 radical (unpaired) electrons. The van der Waals surface area contributed by atoms with Gasteiger partial charge in [0.05, 0.1) is 12.2 Å². The highest BCUT2D eigenvalue weighted by molar-refractivity contribution is 5.91. The molecule has 0 spiro atoms. The zero-order valence-electron chi connectivity index (χ0n) is 19.4. The van der Waals surface area contributed by atoms with Crippen LogP contribution in [-0.2, 0) is 6.42 Å². The molecule has 3 nitrogen and oxygen atoms in total. The summed E-state index contributed by atoms with van der Waals surface area (Å²) in [5, 5.41) is 0. The molecule has 0 heterocycles. The second kappa shape index (κ2) is 11.9. The van der Waals surface area contributed by atoms with Crippen LogP contribution in [0.3, 0.4) is 0 Å². The molecule has 0 unspecified atom stereocenters. The minimum Gasteiger partial charge on any atom is -0.493 e. The van der Waals surface area contributed by atoms with Crippen LogP contribution in [0.15, 0.2) is 48.5 Å². The van der Waals surface area contributed by atoms with E-state index in [0.29, 0.717) is 23.1 Å². The van der Waals surface area contributed by atoms with E-state index in [1.54, 1.807) is 12.1 Å². The molecule has 1 aliphatic carbocycles. The second-order valence-corrected chi connectivity index (χ2v) is 9.26. The minimum absolute atomic E-state index is 0.338. The van der Waals surface area contributed by atoms with Crippen LogP contribution in [0.1, 0.15) is 81.6 Å². The number of carbonyl (C=O) groups excluding carboxylic acids is 1. The molecule has 1 fully saturated rings. The molecular weight excluding hydrogens is 384 g/mol. The molecule has 1 aliphatic rings. The van der Waals surface area contributed by atoms with Gasteiger partial charge in [0, 0.05) is 0 Å². The van der Waals surface area contributed by atoms with E-state index in [1.165, 1.54) is 44.1 Å². The van der Waals surface area contributed by atoms with Crippen LogP contribution in [0, 0.1) is 17.8 Å². The Labute approximate surface area is 188 Å². The number of hydrogen-bond donors (Lipinski definition) is 0. The summed E-state index contributed by atoms with van der Waals surface area (Å²) in [4.78, 5) is 12.5. The Morgan fingerprint density at radius 1 is 0.903 bits per heavy atom. The molecule has 31 heavy (non-hydrogen) atoms. The van der Waals surface area contributed by atoms with Crippen molar-refractivity contribution in [3.05, 3.63) is 59.7 Å². The van der Waals surface area contributed by atoms with Gasteiger partial charge in [-0.2, -0.15) is 0 Å². The minimum atomic E-state index is -0.338. The van der Waals surface area contributed by atoms with Crippen LogP contribution in [0.4, 0.5) is 0 Å². The average Bonchev–Trinajstić information content (AvgIpc) is 2.80. The highest BCUT2D eigenvalue weighted by Gasteiger charge is 2.21. The number of ether oxygens (including phenoxy) is 2. The molecule has 1 saturated carbocycles. The SMILES string of the molecule is CCC[C@H]1CC[C@H](COc2ccc(C(=O)Oc3ccc(C[C@@H](C)CC)cc3)cc2)CC1. The Bertz CT molecular complexity index is 786. The lowest BCUT2D eigenvalue weighted by atomic mass is 9.80. The summed E-state index contributed by atoms with van der Waals surface area (Å²) < 4.78 is 11.5. The van der Waals surface area contributed by atoms with E-state index in [2.05, 4.69) is 20.8 Å². The van der Waals surface area contributed by atoms with Gasteiger partial charge in [-0.15, -0.1) is 0 Å². The highest BCUT2D eigenvalue weighted by atomic mass is 16.5. The number of esters is 1. The molecule has 168 valence electrons. The summed E-state index contributed by atoms with van der Waals surface area (Å²) in [5.41, 5.74) is 1.81. The summed E-state index contributed by atoms with van der Waals surface area (Å²) in [5.74, 6) is 3.29. The lowest BCUT2D eigenvalue weighted by Gasteiger charge is -2.28. The summed E-state index contributed by atoms with van der Waals surface area (Å²) >= 11 is 0. The molecule has 3 rings (SSSR count). The van der Waals surface area contributed by atoms with E-state index in [0.717, 1.165) is 31.1 Å². The van der Waals surface area contributed by atoms with Crippen molar-refractivity contribution in [2.24, 2.45) is 17.8 Å². The van der Waals surface area contributed by atoms with Gasteiger partial charge < -0.3 is 9.47 Å². The van der Waals surface area contributed by atoms with E-state index in [1.807, 2.05) is 36.4 Å². The Morgan fingerprint density at radius 2 is 1.52 bits per heavy atom. The monoisotopic (exact) mass is 422 g/mol. The quantitative estimate of drug-likeness (QED) is 0.294. The Morgan fingerprint density at radius 3 is 2.13 bits per heavy atom. The smallest absolute Gasteiger partial charge is 0.343 e. The summed E-state index contributed by atoms with van der Waals surface area (Å²) in [6.07, 6.45) is 10.1. The topological polar surface area (TPSA) is 35.5 Å². The zero-order valence-corrected chi connectivity index (χ0v) is 19.4. The molecule has 0 N–H and O–H groups in total. The molecule has 0 bridgehead atoms. The molecule has 0 saturated heterocycles. The molecular formula is C28H38O3. The highest BCUT2D eigenvalue weighted by Crippen LogP contribution is 2.32. The van der Waals surface area contributed by atoms with Crippen molar-refractivity contribution in [3.8, 4) is 11.5 Å². The van der Waals surface area contributed by atoms with Gasteiger partial charge in [-0.25, -0.2) is 4.79 Å². The Kier molecular flexibility index (Phi) is 8.99. The van der Waals surface area contributed by atoms with Crippen LogP contribution >= 0.6 is 0 Å². The third-order valence-corrected chi connectivity index (χ3v) is 6.65. The molecule has 2 aromatic carbocycles. The largest absolute Gasteiger partial charge is 0.493 e. The fourth-order valence-electron chi connectivity index (χ4n) is 4.40. The summed E-state index contributed by atoms with van der Waals surface area (Å²) in [6, 6.07) is 15.1. The second-order valence-electron chi connectivity index (χ2n) is 9.26. The lowest BCUT2D eigenvalue weighted by molar-refractivity contribution is 0.0734. The van der Waals surface area contributed by atoms with Gasteiger partial charge in [-0.1, -0.05) is 65.0 Å².